The lowest BCUT2D eigenvalue weighted by Crippen LogP contribution is -2.35. The molecule has 2 aromatic carbocycles. The monoisotopic (exact) mass is 469 g/mol. The first-order valence-corrected chi connectivity index (χ1v) is 12.5. The highest BCUT2D eigenvalue weighted by Crippen LogP contribution is 2.21. The van der Waals surface area contributed by atoms with Crippen molar-refractivity contribution in [3.8, 4) is 0 Å². The first-order valence-electron chi connectivity index (χ1n) is 11.0. The molecule has 1 saturated heterocycles. The Morgan fingerprint density at radius 1 is 1.03 bits per heavy atom. The summed E-state index contributed by atoms with van der Waals surface area (Å²) in [5.74, 6) is -0.0933. The zero-order valence-electron chi connectivity index (χ0n) is 18.5. The number of hydrazine groups is 1. The van der Waals surface area contributed by atoms with E-state index in [9.17, 15) is 18.0 Å². The van der Waals surface area contributed by atoms with Gasteiger partial charge in [0, 0.05) is 19.6 Å². The minimum absolute atomic E-state index is 0.0426. The van der Waals surface area contributed by atoms with Crippen molar-refractivity contribution in [2.75, 3.05) is 18.5 Å². The average molecular weight is 470 g/mol. The number of benzene rings is 2. The molecular weight excluding hydrogens is 442 g/mol. The predicted molar refractivity (Wildman–Crippen MR) is 126 cm³/mol. The molecule has 2 N–H and O–H groups in total. The van der Waals surface area contributed by atoms with Crippen LogP contribution in [-0.2, 0) is 27.8 Å². The third-order valence-electron chi connectivity index (χ3n) is 5.73. The zero-order valence-corrected chi connectivity index (χ0v) is 19.3. The van der Waals surface area contributed by atoms with Crippen molar-refractivity contribution >= 4 is 32.8 Å². The molecule has 0 spiro atoms. The fourth-order valence-electron chi connectivity index (χ4n) is 3.95. The maximum Gasteiger partial charge on any atom is 0.262 e. The van der Waals surface area contributed by atoms with E-state index < -0.39 is 10.0 Å². The van der Waals surface area contributed by atoms with Crippen LogP contribution in [0.25, 0.3) is 10.9 Å². The third kappa shape index (κ3) is 4.91. The molecule has 0 aliphatic carbocycles. The number of carbonyl (C=O) groups excluding carboxylic acids is 1. The van der Waals surface area contributed by atoms with Crippen LogP contribution in [0.2, 0.25) is 0 Å². The Morgan fingerprint density at radius 3 is 2.42 bits per heavy atom. The van der Waals surface area contributed by atoms with Crippen LogP contribution < -0.4 is 16.4 Å². The van der Waals surface area contributed by atoms with Crippen LogP contribution in [0.15, 0.2) is 58.2 Å². The van der Waals surface area contributed by atoms with Gasteiger partial charge in [-0.25, -0.2) is 13.4 Å². The van der Waals surface area contributed by atoms with Gasteiger partial charge in [-0.05, 0) is 49.6 Å². The van der Waals surface area contributed by atoms with Crippen molar-refractivity contribution in [2.45, 2.75) is 44.0 Å². The van der Waals surface area contributed by atoms with E-state index in [1.165, 1.54) is 8.87 Å². The summed E-state index contributed by atoms with van der Waals surface area (Å²) >= 11 is 0. The number of sulfonamides is 1. The van der Waals surface area contributed by atoms with Gasteiger partial charge in [0.2, 0.25) is 21.9 Å². The Hall–Kier alpha value is -3.24. The molecular formula is C23H27N5O4S. The maximum atomic E-state index is 12.8. The molecule has 1 fully saturated rings. The first-order chi connectivity index (χ1) is 15.9. The number of amides is 1. The Labute approximate surface area is 192 Å². The van der Waals surface area contributed by atoms with Gasteiger partial charge in [0.1, 0.15) is 0 Å². The Kier molecular flexibility index (Phi) is 6.75. The van der Waals surface area contributed by atoms with Gasteiger partial charge in [-0.1, -0.05) is 30.7 Å². The number of fused-ring (bicyclic) bond motifs is 1. The second kappa shape index (κ2) is 9.72. The van der Waals surface area contributed by atoms with Gasteiger partial charge < -0.3 is 0 Å². The zero-order chi connectivity index (χ0) is 23.4. The molecule has 10 heteroatoms. The fourth-order valence-corrected chi connectivity index (χ4v) is 5.46. The van der Waals surface area contributed by atoms with E-state index in [2.05, 4.69) is 15.8 Å². The van der Waals surface area contributed by atoms with Gasteiger partial charge in [-0.3, -0.25) is 25.0 Å². The molecule has 1 aromatic heterocycles. The van der Waals surface area contributed by atoms with Crippen molar-refractivity contribution in [3.63, 3.8) is 0 Å². The summed E-state index contributed by atoms with van der Waals surface area (Å²) < 4.78 is 28.5. The second-order valence-corrected chi connectivity index (χ2v) is 9.90. The highest BCUT2D eigenvalue weighted by Gasteiger charge is 2.25. The van der Waals surface area contributed by atoms with Crippen molar-refractivity contribution in [3.05, 3.63) is 64.4 Å². The molecule has 1 amide bonds. The van der Waals surface area contributed by atoms with Crippen LogP contribution in [0.3, 0.4) is 0 Å². The topological polar surface area (TPSA) is 113 Å². The molecule has 0 unspecified atom stereocenters. The quantitative estimate of drug-likeness (QED) is 0.513. The first kappa shape index (κ1) is 22.9. The van der Waals surface area contributed by atoms with Crippen molar-refractivity contribution in [2.24, 2.45) is 0 Å². The molecule has 1 aliphatic heterocycles. The van der Waals surface area contributed by atoms with E-state index in [1.54, 1.807) is 48.5 Å². The van der Waals surface area contributed by atoms with E-state index >= 15 is 0 Å². The SMILES string of the molecule is CCn1c(NNC(=O)Cc2ccc(S(=O)(=O)N3CCCCC3)cc2)nc2ccccc2c1=O. The van der Waals surface area contributed by atoms with Gasteiger partial charge in [0.05, 0.1) is 22.2 Å². The number of aromatic nitrogens is 2. The Morgan fingerprint density at radius 2 is 1.73 bits per heavy atom. The molecule has 0 atom stereocenters. The summed E-state index contributed by atoms with van der Waals surface area (Å²) in [5, 5.41) is 0.510. The van der Waals surface area contributed by atoms with E-state index in [0.29, 0.717) is 36.1 Å². The number of nitrogens with zero attached hydrogens (tertiary/aromatic N) is 3. The minimum Gasteiger partial charge on any atom is -0.277 e. The average Bonchev–Trinajstić information content (AvgIpc) is 2.84. The number of rotatable bonds is 7. The van der Waals surface area contributed by atoms with E-state index in [-0.39, 0.29) is 28.7 Å². The van der Waals surface area contributed by atoms with Gasteiger partial charge >= 0.3 is 0 Å². The van der Waals surface area contributed by atoms with Crippen LogP contribution in [0, 0.1) is 0 Å². The number of anilines is 1. The minimum atomic E-state index is -3.50. The fraction of sp³-hybridized carbons (Fsp3) is 0.348. The van der Waals surface area contributed by atoms with E-state index in [1.807, 2.05) is 6.92 Å². The van der Waals surface area contributed by atoms with E-state index in [0.717, 1.165) is 19.3 Å². The largest absolute Gasteiger partial charge is 0.277 e. The molecule has 33 heavy (non-hydrogen) atoms. The summed E-state index contributed by atoms with van der Waals surface area (Å²) in [6.07, 6.45) is 2.85. The molecule has 9 nitrogen and oxygen atoms in total. The van der Waals surface area contributed by atoms with Crippen LogP contribution >= 0.6 is 0 Å². The summed E-state index contributed by atoms with van der Waals surface area (Å²) in [7, 11) is -3.50. The van der Waals surface area contributed by atoms with Gasteiger partial charge in [-0.15, -0.1) is 0 Å². The predicted octanol–water partition coefficient (Wildman–Crippen LogP) is 2.28. The van der Waals surface area contributed by atoms with Crippen LogP contribution in [0.4, 0.5) is 5.95 Å². The molecule has 0 bridgehead atoms. The molecule has 174 valence electrons. The maximum absolute atomic E-state index is 12.8. The van der Waals surface area contributed by atoms with Gasteiger partial charge in [0.15, 0.2) is 0 Å². The number of hydrogen-bond acceptors (Lipinski definition) is 6. The molecule has 0 radical (unpaired) electrons. The molecule has 1 aliphatic rings. The third-order valence-corrected chi connectivity index (χ3v) is 7.65. The lowest BCUT2D eigenvalue weighted by molar-refractivity contribution is -0.119. The lowest BCUT2D eigenvalue weighted by atomic mass is 10.1. The van der Waals surface area contributed by atoms with Crippen LogP contribution in [0.1, 0.15) is 31.7 Å². The number of hydrogen-bond donors (Lipinski definition) is 2. The van der Waals surface area contributed by atoms with Crippen molar-refractivity contribution in [1.82, 2.24) is 19.3 Å². The number of piperidine rings is 1. The normalized spacial score (nSPS) is 14.8. The molecule has 2 heterocycles. The summed E-state index contributed by atoms with van der Waals surface area (Å²) in [6, 6.07) is 13.4. The smallest absolute Gasteiger partial charge is 0.262 e. The standard InChI is InChI=1S/C23H27N5O4S/c1-2-28-22(30)19-8-4-5-9-20(19)24-23(28)26-25-21(29)16-17-10-12-18(13-11-17)33(31,32)27-14-6-3-7-15-27/h4-5,8-13H,2-3,6-7,14-16H2,1H3,(H,24,26)(H,25,29). The molecule has 0 saturated carbocycles. The van der Waals surface area contributed by atoms with Crippen LogP contribution in [0.5, 0.6) is 0 Å². The number of nitrogens with one attached hydrogen (secondary N) is 2. The van der Waals surface area contributed by atoms with Crippen molar-refractivity contribution < 1.29 is 13.2 Å². The highest BCUT2D eigenvalue weighted by molar-refractivity contribution is 7.89. The lowest BCUT2D eigenvalue weighted by Gasteiger charge is -2.25. The summed E-state index contributed by atoms with van der Waals surface area (Å²) in [4.78, 5) is 29.8. The molecule has 3 aromatic rings. The second-order valence-electron chi connectivity index (χ2n) is 7.96. The Bertz CT molecular complexity index is 1310. The van der Waals surface area contributed by atoms with Gasteiger partial charge in [-0.2, -0.15) is 4.31 Å². The summed E-state index contributed by atoms with van der Waals surface area (Å²) in [6.45, 7) is 3.31. The Balaban J connectivity index is 1.42. The van der Waals surface area contributed by atoms with Gasteiger partial charge in [0.25, 0.3) is 5.56 Å². The number of para-hydroxylation sites is 1. The van der Waals surface area contributed by atoms with Crippen molar-refractivity contribution in [1.29, 1.82) is 0 Å². The number of carbonyl (C=O) groups is 1. The van der Waals surface area contributed by atoms with E-state index in [4.69, 9.17) is 0 Å². The summed E-state index contributed by atoms with van der Waals surface area (Å²) in [5.41, 5.74) is 6.34. The van der Waals surface area contributed by atoms with Crippen LogP contribution in [-0.4, -0.2) is 41.3 Å². The molecule has 4 rings (SSSR count). The highest BCUT2D eigenvalue weighted by atomic mass is 32.2.